The van der Waals surface area contributed by atoms with Crippen molar-refractivity contribution in [3.63, 3.8) is 0 Å². The molecule has 0 atom stereocenters. The summed E-state index contributed by atoms with van der Waals surface area (Å²) >= 11 is 5.16. The van der Waals surface area contributed by atoms with Gasteiger partial charge in [-0.25, -0.2) is 0 Å². The van der Waals surface area contributed by atoms with Crippen molar-refractivity contribution in [2.45, 2.75) is 6.54 Å². The van der Waals surface area contributed by atoms with Gasteiger partial charge in [-0.05, 0) is 18.3 Å². The van der Waals surface area contributed by atoms with E-state index in [4.69, 9.17) is 21.7 Å². The highest BCUT2D eigenvalue weighted by Crippen LogP contribution is 2.29. The van der Waals surface area contributed by atoms with Crippen LogP contribution in [-0.4, -0.2) is 23.8 Å². The molecule has 0 amide bonds. The Balaban J connectivity index is 2.86. The lowest BCUT2D eigenvalue weighted by Crippen LogP contribution is -2.21. The minimum absolute atomic E-state index is 0.181. The van der Waals surface area contributed by atoms with Crippen molar-refractivity contribution in [1.29, 1.82) is 0 Å². The number of hydrogen-bond donors (Lipinski definition) is 1. The van der Waals surface area contributed by atoms with E-state index in [1.807, 2.05) is 0 Å². The van der Waals surface area contributed by atoms with Gasteiger partial charge in [0.1, 0.15) is 0 Å². The summed E-state index contributed by atoms with van der Waals surface area (Å²) in [6, 6.07) is 3.34. The first-order chi connectivity index (χ1) is 9.12. The van der Waals surface area contributed by atoms with Gasteiger partial charge in [-0.3, -0.25) is 9.36 Å². The Bertz CT molecular complexity index is 746. The van der Waals surface area contributed by atoms with Gasteiger partial charge in [0, 0.05) is 12.6 Å². The van der Waals surface area contributed by atoms with E-state index in [2.05, 4.69) is 11.6 Å². The number of benzene rings is 1. The van der Waals surface area contributed by atoms with Crippen molar-refractivity contribution < 1.29 is 9.47 Å². The first-order valence-corrected chi connectivity index (χ1v) is 6.03. The zero-order valence-corrected chi connectivity index (χ0v) is 11.5. The van der Waals surface area contributed by atoms with Crippen LogP contribution < -0.4 is 15.0 Å². The van der Waals surface area contributed by atoms with Gasteiger partial charge in [0.15, 0.2) is 16.3 Å². The monoisotopic (exact) mass is 278 g/mol. The molecular weight excluding hydrogens is 264 g/mol. The van der Waals surface area contributed by atoms with Gasteiger partial charge >= 0.3 is 0 Å². The van der Waals surface area contributed by atoms with Crippen LogP contribution >= 0.6 is 12.2 Å². The molecule has 19 heavy (non-hydrogen) atoms. The number of allylic oxidation sites excluding steroid dienone is 1. The Morgan fingerprint density at radius 2 is 2.00 bits per heavy atom. The molecule has 1 heterocycles. The van der Waals surface area contributed by atoms with Gasteiger partial charge < -0.3 is 14.5 Å². The summed E-state index contributed by atoms with van der Waals surface area (Å²) in [5.41, 5.74) is 0.438. The minimum atomic E-state index is -0.181. The molecule has 2 rings (SSSR count). The number of hydrogen-bond acceptors (Lipinski definition) is 4. The van der Waals surface area contributed by atoms with Gasteiger partial charge in [0.2, 0.25) is 0 Å². The SMILES string of the molecule is C=CCn1c(=S)[nH]c2cc(OC)c(OC)cc2c1=O. The van der Waals surface area contributed by atoms with E-state index in [1.165, 1.54) is 18.8 Å². The Kier molecular flexibility index (Phi) is 3.71. The topological polar surface area (TPSA) is 56.2 Å². The Labute approximate surface area is 115 Å². The van der Waals surface area contributed by atoms with Crippen LogP contribution in [0.3, 0.4) is 0 Å². The fourth-order valence-corrected chi connectivity index (χ4v) is 2.14. The Morgan fingerprint density at radius 1 is 1.37 bits per heavy atom. The standard InChI is InChI=1S/C13H14N2O3S/c1-4-5-15-12(16)8-6-10(17-2)11(18-3)7-9(8)14-13(15)19/h4,6-7H,1,5H2,2-3H3,(H,14,19). The van der Waals surface area contributed by atoms with E-state index < -0.39 is 0 Å². The molecule has 0 spiro atoms. The Morgan fingerprint density at radius 3 is 2.58 bits per heavy atom. The molecule has 5 nitrogen and oxygen atoms in total. The van der Waals surface area contributed by atoms with E-state index in [-0.39, 0.29) is 5.56 Å². The van der Waals surface area contributed by atoms with Crippen LogP contribution in [0.5, 0.6) is 11.5 Å². The van der Waals surface area contributed by atoms with Crippen molar-refractivity contribution in [2.75, 3.05) is 14.2 Å². The van der Waals surface area contributed by atoms with Gasteiger partial charge in [0.25, 0.3) is 5.56 Å². The molecule has 1 N–H and O–H groups in total. The minimum Gasteiger partial charge on any atom is -0.493 e. The third kappa shape index (κ3) is 2.26. The van der Waals surface area contributed by atoms with Crippen LogP contribution in [0.15, 0.2) is 29.6 Å². The Hall–Kier alpha value is -2.08. The van der Waals surface area contributed by atoms with E-state index in [9.17, 15) is 4.79 Å². The predicted molar refractivity (Wildman–Crippen MR) is 76.7 cm³/mol. The number of rotatable bonds is 4. The van der Waals surface area contributed by atoms with Gasteiger partial charge in [-0.1, -0.05) is 6.08 Å². The van der Waals surface area contributed by atoms with Crippen LogP contribution in [0, 0.1) is 4.77 Å². The summed E-state index contributed by atoms with van der Waals surface area (Å²) < 4.78 is 12.2. The second-order valence-corrected chi connectivity index (χ2v) is 4.27. The highest BCUT2D eigenvalue weighted by atomic mass is 32.1. The maximum Gasteiger partial charge on any atom is 0.262 e. The molecule has 100 valence electrons. The number of nitrogens with zero attached hydrogens (tertiary/aromatic N) is 1. The highest BCUT2D eigenvalue weighted by Gasteiger charge is 2.10. The predicted octanol–water partition coefficient (Wildman–Crippen LogP) is 2.26. The summed E-state index contributed by atoms with van der Waals surface area (Å²) in [5.74, 6) is 1.05. The molecule has 0 aliphatic rings. The molecule has 6 heteroatoms. The van der Waals surface area contributed by atoms with Crippen molar-refractivity contribution in [3.05, 3.63) is 39.9 Å². The van der Waals surface area contributed by atoms with Crippen LogP contribution in [0.1, 0.15) is 0 Å². The fraction of sp³-hybridized carbons (Fsp3) is 0.231. The van der Waals surface area contributed by atoms with Crippen LogP contribution in [-0.2, 0) is 6.54 Å². The summed E-state index contributed by atoms with van der Waals surface area (Å²) in [7, 11) is 3.06. The molecular formula is C13H14N2O3S. The number of aromatic amines is 1. The highest BCUT2D eigenvalue weighted by molar-refractivity contribution is 7.71. The summed E-state index contributed by atoms with van der Waals surface area (Å²) in [5, 5.41) is 0.494. The molecule has 0 saturated carbocycles. The second kappa shape index (κ2) is 5.27. The van der Waals surface area contributed by atoms with E-state index >= 15 is 0 Å². The first kappa shape index (κ1) is 13.4. The van der Waals surface area contributed by atoms with Gasteiger partial charge in [-0.2, -0.15) is 0 Å². The van der Waals surface area contributed by atoms with Gasteiger partial charge in [0.05, 0.1) is 25.1 Å². The van der Waals surface area contributed by atoms with Gasteiger partial charge in [-0.15, -0.1) is 6.58 Å². The molecule has 0 aliphatic carbocycles. The largest absolute Gasteiger partial charge is 0.493 e. The van der Waals surface area contributed by atoms with Crippen molar-refractivity contribution >= 4 is 23.1 Å². The summed E-state index contributed by atoms with van der Waals surface area (Å²) in [6.07, 6.45) is 1.62. The molecule has 1 aromatic heterocycles. The lowest BCUT2D eigenvalue weighted by atomic mass is 10.2. The molecule has 0 aliphatic heterocycles. The number of methoxy groups -OCH3 is 2. The third-order valence-corrected chi connectivity index (χ3v) is 3.12. The third-order valence-electron chi connectivity index (χ3n) is 2.80. The quantitative estimate of drug-likeness (QED) is 0.688. The lowest BCUT2D eigenvalue weighted by molar-refractivity contribution is 0.355. The number of fused-ring (bicyclic) bond motifs is 1. The molecule has 0 saturated heterocycles. The van der Waals surface area contributed by atoms with Crippen LogP contribution in [0.4, 0.5) is 0 Å². The molecule has 2 aromatic rings. The van der Waals surface area contributed by atoms with E-state index in [1.54, 1.807) is 18.2 Å². The number of H-pyrrole nitrogens is 1. The average molecular weight is 278 g/mol. The van der Waals surface area contributed by atoms with E-state index in [0.29, 0.717) is 33.7 Å². The van der Waals surface area contributed by atoms with Crippen LogP contribution in [0.2, 0.25) is 0 Å². The van der Waals surface area contributed by atoms with Crippen LogP contribution in [0.25, 0.3) is 10.9 Å². The molecule has 0 radical (unpaired) electrons. The maximum absolute atomic E-state index is 12.3. The number of nitrogens with one attached hydrogen (secondary N) is 1. The first-order valence-electron chi connectivity index (χ1n) is 5.62. The molecule has 0 fully saturated rings. The van der Waals surface area contributed by atoms with Crippen molar-refractivity contribution in [3.8, 4) is 11.5 Å². The maximum atomic E-state index is 12.3. The smallest absolute Gasteiger partial charge is 0.262 e. The average Bonchev–Trinajstić information content (AvgIpc) is 2.42. The van der Waals surface area contributed by atoms with E-state index in [0.717, 1.165) is 0 Å². The normalized spacial score (nSPS) is 10.4. The molecule has 1 aromatic carbocycles. The second-order valence-electron chi connectivity index (χ2n) is 3.89. The number of aromatic nitrogens is 2. The lowest BCUT2D eigenvalue weighted by Gasteiger charge is -2.10. The summed E-state index contributed by atoms with van der Waals surface area (Å²) in [6.45, 7) is 3.97. The van der Waals surface area contributed by atoms with Crippen molar-refractivity contribution in [1.82, 2.24) is 9.55 Å². The zero-order valence-electron chi connectivity index (χ0n) is 10.7. The molecule has 0 unspecified atom stereocenters. The zero-order chi connectivity index (χ0) is 14.0. The van der Waals surface area contributed by atoms with Crippen molar-refractivity contribution in [2.24, 2.45) is 0 Å². The summed E-state index contributed by atoms with van der Waals surface area (Å²) in [4.78, 5) is 15.3. The fourth-order valence-electron chi connectivity index (χ4n) is 1.87. The molecule has 0 bridgehead atoms. The number of ether oxygens (including phenoxy) is 2.